The van der Waals surface area contributed by atoms with Crippen molar-refractivity contribution in [3.63, 3.8) is 0 Å². The maximum atomic E-state index is 8.64. The Bertz CT molecular complexity index is 322. The Labute approximate surface area is 106 Å². The van der Waals surface area contributed by atoms with Gasteiger partial charge in [-0.05, 0) is 12.7 Å². The van der Waals surface area contributed by atoms with Crippen molar-refractivity contribution in [1.82, 2.24) is 9.80 Å². The number of thioether (sulfide) groups is 1. The van der Waals surface area contributed by atoms with Crippen LogP contribution in [0.5, 0.6) is 0 Å². The zero-order valence-electron chi connectivity index (χ0n) is 10.1. The van der Waals surface area contributed by atoms with Crippen molar-refractivity contribution in [3.8, 4) is 6.19 Å². The average Bonchev–Trinajstić information content (AvgIpc) is 2.86. The van der Waals surface area contributed by atoms with Crippen LogP contribution in [-0.2, 0) is 4.74 Å². The fourth-order valence-electron chi connectivity index (χ4n) is 2.44. The van der Waals surface area contributed by atoms with Gasteiger partial charge in [-0.2, -0.15) is 5.26 Å². The fourth-order valence-corrected chi connectivity index (χ4v) is 3.00. The molecule has 2 fully saturated rings. The molecule has 0 bridgehead atoms. The summed E-state index contributed by atoms with van der Waals surface area (Å²) in [6.07, 6.45) is 5.01. The van der Waals surface area contributed by atoms with Crippen molar-refractivity contribution in [2.45, 2.75) is 12.5 Å². The van der Waals surface area contributed by atoms with E-state index in [4.69, 9.17) is 10.00 Å². The van der Waals surface area contributed by atoms with E-state index in [1.165, 1.54) is 0 Å². The lowest BCUT2D eigenvalue weighted by molar-refractivity contribution is 0.0195. The monoisotopic (exact) mass is 254 g/mol. The van der Waals surface area contributed by atoms with Gasteiger partial charge in [-0.15, -0.1) is 4.99 Å². The summed E-state index contributed by atoms with van der Waals surface area (Å²) in [6, 6.07) is 0.593. The summed E-state index contributed by atoms with van der Waals surface area (Å²) in [7, 11) is 0. The summed E-state index contributed by atoms with van der Waals surface area (Å²) in [5.41, 5.74) is 0. The van der Waals surface area contributed by atoms with Gasteiger partial charge < -0.3 is 9.64 Å². The van der Waals surface area contributed by atoms with Gasteiger partial charge in [0.1, 0.15) is 0 Å². The zero-order valence-corrected chi connectivity index (χ0v) is 10.9. The quantitative estimate of drug-likeness (QED) is 0.389. The van der Waals surface area contributed by atoms with E-state index in [9.17, 15) is 0 Å². The van der Waals surface area contributed by atoms with Crippen LogP contribution in [0.25, 0.3) is 0 Å². The Kier molecular flexibility index (Phi) is 4.66. The van der Waals surface area contributed by atoms with Crippen molar-refractivity contribution in [1.29, 1.82) is 5.26 Å². The topological polar surface area (TPSA) is 51.9 Å². The van der Waals surface area contributed by atoms with Gasteiger partial charge >= 0.3 is 0 Å². The molecule has 2 aliphatic rings. The van der Waals surface area contributed by atoms with Crippen LogP contribution in [0.15, 0.2) is 4.99 Å². The van der Waals surface area contributed by atoms with Gasteiger partial charge in [-0.1, -0.05) is 11.8 Å². The molecule has 1 atom stereocenters. The third-order valence-corrected chi connectivity index (χ3v) is 4.04. The maximum absolute atomic E-state index is 8.64. The lowest BCUT2D eigenvalue weighted by Gasteiger charge is -2.32. The number of nitrogens with zero attached hydrogens (tertiary/aromatic N) is 4. The van der Waals surface area contributed by atoms with E-state index in [0.717, 1.165) is 51.0 Å². The normalized spacial score (nSPS) is 27.2. The molecule has 0 saturated carbocycles. The second-order valence-electron chi connectivity index (χ2n) is 4.24. The predicted molar refractivity (Wildman–Crippen MR) is 68.9 cm³/mol. The molecule has 0 spiro atoms. The first-order valence-electron chi connectivity index (χ1n) is 5.92. The molecule has 2 rings (SSSR count). The molecular weight excluding hydrogens is 236 g/mol. The number of ether oxygens (including phenoxy) is 1. The van der Waals surface area contributed by atoms with Gasteiger partial charge in [0.25, 0.3) is 0 Å². The van der Waals surface area contributed by atoms with Crippen molar-refractivity contribution in [2.75, 3.05) is 45.6 Å². The molecule has 0 radical (unpaired) electrons. The minimum Gasteiger partial charge on any atom is -0.379 e. The van der Waals surface area contributed by atoms with E-state index in [1.807, 2.05) is 12.4 Å². The maximum Gasteiger partial charge on any atom is 0.208 e. The lowest BCUT2D eigenvalue weighted by Crippen LogP contribution is -2.45. The van der Waals surface area contributed by atoms with E-state index < -0.39 is 0 Å². The first-order chi connectivity index (χ1) is 8.35. The molecule has 94 valence electrons. The first-order valence-corrected chi connectivity index (χ1v) is 7.15. The minimum absolute atomic E-state index is 0.593. The predicted octanol–water partition coefficient (Wildman–Crippen LogP) is 0.593. The van der Waals surface area contributed by atoms with E-state index in [-0.39, 0.29) is 0 Å². The molecule has 17 heavy (non-hydrogen) atoms. The second kappa shape index (κ2) is 6.24. The molecule has 0 amide bonds. The van der Waals surface area contributed by atoms with Crippen LogP contribution in [0.2, 0.25) is 0 Å². The highest BCUT2D eigenvalue weighted by Gasteiger charge is 2.30. The summed E-state index contributed by atoms with van der Waals surface area (Å²) in [5.74, 6) is 0. The van der Waals surface area contributed by atoms with Crippen LogP contribution in [0.4, 0.5) is 0 Å². The summed E-state index contributed by atoms with van der Waals surface area (Å²) < 4.78 is 5.37. The minimum atomic E-state index is 0.593. The van der Waals surface area contributed by atoms with Crippen LogP contribution in [0.3, 0.4) is 0 Å². The van der Waals surface area contributed by atoms with Gasteiger partial charge in [0.15, 0.2) is 5.17 Å². The van der Waals surface area contributed by atoms with E-state index in [1.54, 1.807) is 11.8 Å². The van der Waals surface area contributed by atoms with Crippen LogP contribution in [-0.4, -0.2) is 66.7 Å². The summed E-state index contributed by atoms with van der Waals surface area (Å²) in [5, 5.41) is 9.49. The van der Waals surface area contributed by atoms with Crippen LogP contribution >= 0.6 is 11.8 Å². The molecule has 2 saturated heterocycles. The smallest absolute Gasteiger partial charge is 0.208 e. The van der Waals surface area contributed by atoms with Crippen molar-refractivity contribution in [2.24, 2.45) is 4.99 Å². The number of morpholine rings is 1. The van der Waals surface area contributed by atoms with Gasteiger partial charge in [-0.3, -0.25) is 4.90 Å². The third kappa shape index (κ3) is 3.12. The lowest BCUT2D eigenvalue weighted by atomic mass is 10.2. The molecule has 0 aromatic heterocycles. The van der Waals surface area contributed by atoms with Crippen LogP contribution < -0.4 is 0 Å². The highest BCUT2D eigenvalue weighted by Crippen LogP contribution is 2.19. The van der Waals surface area contributed by atoms with Crippen LogP contribution in [0, 0.1) is 11.5 Å². The molecule has 0 aromatic rings. The van der Waals surface area contributed by atoms with Gasteiger partial charge in [0.05, 0.1) is 13.2 Å². The zero-order chi connectivity index (χ0) is 12.1. The number of likely N-dealkylation sites (tertiary alicyclic amines) is 1. The molecule has 5 nitrogen and oxygen atoms in total. The van der Waals surface area contributed by atoms with Gasteiger partial charge in [0, 0.05) is 32.2 Å². The molecule has 1 unspecified atom stereocenters. The highest BCUT2D eigenvalue weighted by molar-refractivity contribution is 8.13. The van der Waals surface area contributed by atoms with Crippen molar-refractivity contribution in [3.05, 3.63) is 0 Å². The summed E-state index contributed by atoms with van der Waals surface area (Å²) in [4.78, 5) is 8.58. The molecule has 2 aliphatic heterocycles. The van der Waals surface area contributed by atoms with Crippen molar-refractivity contribution >= 4 is 16.9 Å². The fraction of sp³-hybridized carbons (Fsp3) is 0.818. The Morgan fingerprint density at radius 3 is 2.82 bits per heavy atom. The third-order valence-electron chi connectivity index (χ3n) is 3.32. The molecular formula is C11H18N4OS. The number of amidine groups is 1. The van der Waals surface area contributed by atoms with Gasteiger partial charge in [0.2, 0.25) is 6.19 Å². The Hall–Kier alpha value is -0.770. The standard InChI is InChI=1S/C11H18N4OS/c1-17-11(13-9-12)15-3-2-10(8-15)14-4-6-16-7-5-14/h10H,2-8H2,1H3. The molecule has 6 heteroatoms. The Balaban J connectivity index is 1.90. The molecule has 0 aliphatic carbocycles. The second-order valence-corrected chi connectivity index (χ2v) is 5.01. The average molecular weight is 254 g/mol. The van der Waals surface area contributed by atoms with E-state index >= 15 is 0 Å². The number of aliphatic imine (C=N–C) groups is 1. The van der Waals surface area contributed by atoms with Crippen LogP contribution in [0.1, 0.15) is 6.42 Å². The number of hydrogen-bond donors (Lipinski definition) is 0. The molecule has 0 aromatic carbocycles. The Morgan fingerprint density at radius 1 is 1.41 bits per heavy atom. The SMILES string of the molecule is CSC(=NC#N)N1CCC(N2CCOCC2)C1. The molecule has 0 N–H and O–H groups in total. The van der Waals surface area contributed by atoms with Crippen molar-refractivity contribution < 1.29 is 4.74 Å². The largest absolute Gasteiger partial charge is 0.379 e. The number of rotatable bonds is 1. The summed E-state index contributed by atoms with van der Waals surface area (Å²) >= 11 is 1.55. The van der Waals surface area contributed by atoms with E-state index in [2.05, 4.69) is 14.8 Å². The molecule has 2 heterocycles. The first kappa shape index (κ1) is 12.7. The van der Waals surface area contributed by atoms with Gasteiger partial charge in [-0.25, -0.2) is 0 Å². The highest BCUT2D eigenvalue weighted by atomic mass is 32.2. The Morgan fingerprint density at radius 2 is 2.18 bits per heavy atom. The number of hydrogen-bond acceptors (Lipinski definition) is 5. The number of nitriles is 1. The van der Waals surface area contributed by atoms with E-state index in [0.29, 0.717) is 6.04 Å². The summed E-state index contributed by atoms with van der Waals surface area (Å²) in [6.45, 7) is 5.74.